The van der Waals surface area contributed by atoms with Gasteiger partial charge in [-0.2, -0.15) is 4.98 Å². The first-order chi connectivity index (χ1) is 17.6. The van der Waals surface area contributed by atoms with Gasteiger partial charge in [0, 0.05) is 50.5 Å². The van der Waals surface area contributed by atoms with Crippen molar-refractivity contribution >= 4 is 6.03 Å². The predicted molar refractivity (Wildman–Crippen MR) is 133 cm³/mol. The van der Waals surface area contributed by atoms with Gasteiger partial charge in [-0.3, -0.25) is 0 Å². The van der Waals surface area contributed by atoms with E-state index in [1.54, 1.807) is 4.90 Å². The molecule has 2 amide bonds. The second kappa shape index (κ2) is 9.43. The molecule has 2 saturated heterocycles. The SMILES string of the molecule is CC1(CN2CC[C@H](O[C@H]3CCCC(F)(F)[C@@H]3NC(=O)N3CCC(C)(c4noc(C5CC5)n4)CC3)C2)CC1. The third-order valence-corrected chi connectivity index (χ3v) is 9.47. The summed E-state index contributed by atoms with van der Waals surface area (Å²) in [4.78, 5) is 21.9. The molecule has 0 unspecified atom stereocenters. The Hall–Kier alpha value is -1.81. The van der Waals surface area contributed by atoms with Gasteiger partial charge >= 0.3 is 6.03 Å². The van der Waals surface area contributed by atoms with E-state index in [1.807, 2.05) is 0 Å². The normalized spacial score (nSPS) is 32.9. The summed E-state index contributed by atoms with van der Waals surface area (Å²) in [5.41, 5.74) is 0.150. The number of alkyl halides is 2. The number of urea groups is 1. The molecule has 2 aliphatic heterocycles. The van der Waals surface area contributed by atoms with Crippen molar-refractivity contribution in [3.8, 4) is 0 Å². The number of hydrogen-bond donors (Lipinski definition) is 1. The summed E-state index contributed by atoms with van der Waals surface area (Å²) in [6, 6.07) is -1.72. The van der Waals surface area contributed by atoms with E-state index in [2.05, 4.69) is 34.2 Å². The van der Waals surface area contributed by atoms with E-state index < -0.39 is 24.1 Å². The topological polar surface area (TPSA) is 83.7 Å². The summed E-state index contributed by atoms with van der Waals surface area (Å²) in [6.07, 6.45) is 6.97. The molecule has 1 aromatic rings. The van der Waals surface area contributed by atoms with E-state index in [4.69, 9.17) is 9.26 Å². The molecule has 10 heteroatoms. The predicted octanol–water partition coefficient (Wildman–Crippen LogP) is 4.46. The molecule has 5 fully saturated rings. The Morgan fingerprint density at radius 1 is 1.08 bits per heavy atom. The van der Waals surface area contributed by atoms with Crippen molar-refractivity contribution in [2.45, 2.75) is 114 Å². The standard InChI is InChI=1S/C27H41F2N5O3/c1-25(9-10-25)17-33-13-7-19(16-33)36-20-4-3-8-27(28,29)21(20)30-24(35)34-14-11-26(2,12-15-34)23-31-22(37-32-23)18-5-6-18/h18-21H,3-17H2,1-2H3,(H,30,35)/t19-,20-,21+/m0/s1. The minimum absolute atomic E-state index is 0.0492. The molecule has 0 bridgehead atoms. The molecule has 3 aliphatic carbocycles. The average Bonchev–Trinajstić information content (AvgIpc) is 3.73. The number of likely N-dealkylation sites (tertiary alicyclic amines) is 2. The molecular weight excluding hydrogens is 480 g/mol. The van der Waals surface area contributed by atoms with Gasteiger partial charge in [-0.15, -0.1) is 0 Å². The molecule has 0 aromatic carbocycles. The van der Waals surface area contributed by atoms with Gasteiger partial charge < -0.3 is 24.4 Å². The number of hydrogen-bond acceptors (Lipinski definition) is 6. The highest BCUT2D eigenvalue weighted by Gasteiger charge is 2.50. The molecule has 6 rings (SSSR count). The van der Waals surface area contributed by atoms with Crippen LogP contribution >= 0.6 is 0 Å². The van der Waals surface area contributed by atoms with E-state index in [1.165, 1.54) is 12.8 Å². The second-order valence-corrected chi connectivity index (χ2v) is 13.0. The lowest BCUT2D eigenvalue weighted by molar-refractivity contribution is -0.138. The fourth-order valence-electron chi connectivity index (χ4n) is 6.32. The van der Waals surface area contributed by atoms with Crippen LogP contribution < -0.4 is 5.32 Å². The first-order valence-electron chi connectivity index (χ1n) is 14.3. The van der Waals surface area contributed by atoms with Crippen molar-refractivity contribution in [2.24, 2.45) is 5.41 Å². The Morgan fingerprint density at radius 3 is 2.54 bits per heavy atom. The molecule has 5 aliphatic rings. The van der Waals surface area contributed by atoms with Crippen molar-refractivity contribution in [1.82, 2.24) is 25.3 Å². The van der Waals surface area contributed by atoms with Crippen molar-refractivity contribution in [2.75, 3.05) is 32.7 Å². The van der Waals surface area contributed by atoms with Crippen LogP contribution in [0.2, 0.25) is 0 Å². The van der Waals surface area contributed by atoms with Crippen molar-refractivity contribution in [1.29, 1.82) is 0 Å². The Kier molecular flexibility index (Phi) is 6.49. The molecule has 1 aromatic heterocycles. The van der Waals surface area contributed by atoms with E-state index in [0.29, 0.717) is 61.8 Å². The molecule has 0 spiro atoms. The molecule has 206 valence electrons. The van der Waals surface area contributed by atoms with Gasteiger partial charge in [0.05, 0.1) is 12.2 Å². The van der Waals surface area contributed by atoms with Gasteiger partial charge in [0.2, 0.25) is 5.89 Å². The van der Waals surface area contributed by atoms with E-state index >= 15 is 8.78 Å². The average molecular weight is 522 g/mol. The van der Waals surface area contributed by atoms with Gasteiger partial charge in [0.15, 0.2) is 5.82 Å². The van der Waals surface area contributed by atoms with Crippen LogP contribution in [0.25, 0.3) is 0 Å². The highest BCUT2D eigenvalue weighted by atomic mass is 19.3. The Morgan fingerprint density at radius 2 is 1.84 bits per heavy atom. The minimum atomic E-state index is -2.98. The van der Waals surface area contributed by atoms with Crippen LogP contribution in [0, 0.1) is 5.41 Å². The molecule has 3 saturated carbocycles. The minimum Gasteiger partial charge on any atom is -0.371 e. The molecule has 3 atom stereocenters. The summed E-state index contributed by atoms with van der Waals surface area (Å²) >= 11 is 0. The van der Waals surface area contributed by atoms with Crippen LogP contribution in [0.4, 0.5) is 13.6 Å². The highest BCUT2D eigenvalue weighted by molar-refractivity contribution is 5.75. The van der Waals surface area contributed by atoms with Gasteiger partial charge in [-0.25, -0.2) is 13.6 Å². The smallest absolute Gasteiger partial charge is 0.317 e. The number of nitrogens with zero attached hydrogens (tertiary/aromatic N) is 4. The number of carbonyl (C=O) groups is 1. The van der Waals surface area contributed by atoms with Crippen LogP contribution in [-0.4, -0.2) is 82.9 Å². The lowest BCUT2D eigenvalue weighted by Gasteiger charge is -2.42. The Balaban J connectivity index is 1.04. The largest absolute Gasteiger partial charge is 0.371 e. The number of aromatic nitrogens is 2. The maximum absolute atomic E-state index is 15.1. The zero-order valence-electron chi connectivity index (χ0n) is 22.2. The molecule has 37 heavy (non-hydrogen) atoms. The lowest BCUT2D eigenvalue weighted by atomic mass is 9.79. The highest BCUT2D eigenvalue weighted by Crippen LogP contribution is 2.46. The fraction of sp³-hybridized carbons (Fsp3) is 0.889. The monoisotopic (exact) mass is 521 g/mol. The molecule has 0 radical (unpaired) electrons. The number of nitrogens with one attached hydrogen (secondary N) is 1. The summed E-state index contributed by atoms with van der Waals surface area (Å²) in [6.45, 7) is 8.15. The first-order valence-corrected chi connectivity index (χ1v) is 14.3. The summed E-state index contributed by atoms with van der Waals surface area (Å²) in [5.74, 6) is -1.17. The second-order valence-electron chi connectivity index (χ2n) is 13.0. The number of rotatable bonds is 7. The molecular formula is C27H41F2N5O3. The van der Waals surface area contributed by atoms with Crippen LogP contribution in [0.15, 0.2) is 4.52 Å². The van der Waals surface area contributed by atoms with E-state index in [0.717, 1.165) is 38.9 Å². The van der Waals surface area contributed by atoms with Gasteiger partial charge in [-0.05, 0) is 63.2 Å². The van der Waals surface area contributed by atoms with Crippen LogP contribution in [0.5, 0.6) is 0 Å². The molecule has 1 N–H and O–H groups in total. The number of amides is 2. The van der Waals surface area contributed by atoms with Crippen LogP contribution in [-0.2, 0) is 10.2 Å². The third kappa shape index (κ3) is 5.51. The quantitative estimate of drug-likeness (QED) is 0.571. The Bertz CT molecular complexity index is 986. The summed E-state index contributed by atoms with van der Waals surface area (Å²) in [7, 11) is 0. The van der Waals surface area contributed by atoms with Crippen LogP contribution in [0.1, 0.15) is 95.7 Å². The molecule has 8 nitrogen and oxygen atoms in total. The van der Waals surface area contributed by atoms with Gasteiger partial charge in [0.25, 0.3) is 5.92 Å². The lowest BCUT2D eigenvalue weighted by Crippen LogP contribution is -2.61. The number of halogens is 2. The molecule has 3 heterocycles. The maximum Gasteiger partial charge on any atom is 0.317 e. The Labute approximate surface area is 217 Å². The van der Waals surface area contributed by atoms with Gasteiger partial charge in [-0.1, -0.05) is 19.0 Å². The van der Waals surface area contributed by atoms with Crippen molar-refractivity contribution < 1.29 is 22.8 Å². The van der Waals surface area contributed by atoms with Gasteiger partial charge in [0.1, 0.15) is 6.04 Å². The number of piperidine rings is 1. The summed E-state index contributed by atoms with van der Waals surface area (Å²) < 4.78 is 41.9. The van der Waals surface area contributed by atoms with E-state index in [9.17, 15) is 4.79 Å². The number of ether oxygens (including phenoxy) is 1. The fourth-order valence-corrected chi connectivity index (χ4v) is 6.32. The van der Waals surface area contributed by atoms with Crippen molar-refractivity contribution in [3.63, 3.8) is 0 Å². The number of carbonyl (C=O) groups excluding carboxylic acids is 1. The zero-order valence-corrected chi connectivity index (χ0v) is 22.2. The summed E-state index contributed by atoms with van der Waals surface area (Å²) in [5, 5.41) is 6.92. The third-order valence-electron chi connectivity index (χ3n) is 9.47. The van der Waals surface area contributed by atoms with E-state index in [-0.39, 0.29) is 17.9 Å². The zero-order chi connectivity index (χ0) is 25.8. The maximum atomic E-state index is 15.1. The van der Waals surface area contributed by atoms with Crippen molar-refractivity contribution in [3.05, 3.63) is 11.7 Å². The first kappa shape index (κ1) is 25.5. The van der Waals surface area contributed by atoms with Crippen LogP contribution in [0.3, 0.4) is 0 Å².